The number of aliphatic hydroxyl groups excluding tert-OH is 2. The molecule has 0 aromatic heterocycles. The van der Waals surface area contributed by atoms with Gasteiger partial charge in [0.05, 0.1) is 10.8 Å². The van der Waals surface area contributed by atoms with Gasteiger partial charge in [0.1, 0.15) is 24.5 Å². The first-order valence-corrected chi connectivity index (χ1v) is 20.1. The average Bonchev–Trinajstić information content (AvgIpc) is 3.74. The third-order valence-corrected chi connectivity index (χ3v) is 19.7. The highest BCUT2D eigenvalue weighted by Crippen LogP contribution is 2.78. The van der Waals surface area contributed by atoms with E-state index in [1.165, 1.54) is 37.7 Å². The summed E-state index contributed by atoms with van der Waals surface area (Å²) in [5.74, 6) is -3.86. The summed E-state index contributed by atoms with van der Waals surface area (Å²) in [6.45, 7) is 2.50. The van der Waals surface area contributed by atoms with Gasteiger partial charge in [-0.15, -0.1) is 0 Å². The van der Waals surface area contributed by atoms with Crippen LogP contribution in [-0.4, -0.2) is 123 Å². The summed E-state index contributed by atoms with van der Waals surface area (Å²) in [5, 5.41) is 33.6. The summed E-state index contributed by atoms with van der Waals surface area (Å²) >= 11 is 0. The maximum absolute atomic E-state index is 14.9. The lowest BCUT2D eigenvalue weighted by atomic mass is 9.52. The Labute approximate surface area is 300 Å². The number of hydrogen-bond donors (Lipinski definition) is 4. The first kappa shape index (κ1) is 31.3. The Morgan fingerprint density at radius 3 is 1.34 bits per heavy atom. The highest BCUT2D eigenvalue weighted by molar-refractivity contribution is 8.78. The molecule has 4 N–H and O–H groups in total. The van der Waals surface area contributed by atoms with Crippen LogP contribution in [0.1, 0.15) is 25.0 Å². The van der Waals surface area contributed by atoms with Gasteiger partial charge in [-0.3, -0.25) is 38.6 Å². The molecule has 258 valence electrons. The molecule has 8 saturated heterocycles. The molecule has 14 nitrogen and oxygen atoms in total. The fourth-order valence-electron chi connectivity index (χ4n) is 10.4. The number of carbonyl (C=O) groups is 6. The highest BCUT2D eigenvalue weighted by atomic mass is 33.1. The Morgan fingerprint density at radius 2 is 0.980 bits per heavy atom. The zero-order valence-electron chi connectivity index (χ0n) is 26.7. The molecule has 0 radical (unpaired) electrons. The second-order valence-corrected chi connectivity index (χ2v) is 19.0. The van der Waals surface area contributed by atoms with Crippen molar-refractivity contribution in [1.29, 1.82) is 0 Å². The van der Waals surface area contributed by atoms with E-state index in [1.807, 2.05) is 0 Å². The van der Waals surface area contributed by atoms with E-state index in [0.29, 0.717) is 22.5 Å². The van der Waals surface area contributed by atoms with Crippen molar-refractivity contribution < 1.29 is 39.0 Å². The van der Waals surface area contributed by atoms with Crippen LogP contribution in [0.4, 0.5) is 11.4 Å². The Bertz CT molecular complexity index is 1960. The minimum atomic E-state index is -1.98. The van der Waals surface area contributed by atoms with Crippen molar-refractivity contribution in [3.63, 3.8) is 0 Å². The van der Waals surface area contributed by atoms with E-state index in [9.17, 15) is 39.0 Å². The number of amides is 4. The van der Waals surface area contributed by atoms with E-state index < -0.39 is 90.0 Å². The molecule has 4 bridgehead atoms. The van der Waals surface area contributed by atoms with Crippen molar-refractivity contribution in [2.75, 3.05) is 24.7 Å². The van der Waals surface area contributed by atoms with Gasteiger partial charge in [0, 0.05) is 25.5 Å². The maximum atomic E-state index is 14.9. The van der Waals surface area contributed by atoms with E-state index in [1.54, 1.807) is 48.5 Å². The molecule has 2 aromatic carbocycles. The number of benzene rings is 2. The number of nitrogens with one attached hydrogen (secondary N) is 2. The lowest BCUT2D eigenvalue weighted by Crippen LogP contribution is -2.79. The molecule has 50 heavy (non-hydrogen) atoms. The van der Waals surface area contributed by atoms with Crippen LogP contribution < -0.4 is 10.6 Å². The van der Waals surface area contributed by atoms with Gasteiger partial charge in [0.2, 0.25) is 19.5 Å². The smallest absolute Gasteiger partial charge is 0.271 e. The fraction of sp³-hybridized carbons (Fsp3) is 0.438. The topological polar surface area (TPSA) is 180 Å². The monoisotopic (exact) mass is 752 g/mol. The Hall–Kier alpha value is -3.42. The quantitative estimate of drug-likeness (QED) is 0.251. The summed E-state index contributed by atoms with van der Waals surface area (Å²) in [6, 6.07) is 14.1. The molecule has 4 amide bonds. The van der Waals surface area contributed by atoms with Gasteiger partial charge in [0.25, 0.3) is 23.6 Å². The number of ketones is 2. The minimum Gasteiger partial charge on any atom is -0.388 e. The number of aliphatic hydroxyl groups is 2. The number of piperazine rings is 2. The van der Waals surface area contributed by atoms with Gasteiger partial charge in [-0.1, -0.05) is 36.4 Å². The van der Waals surface area contributed by atoms with Crippen molar-refractivity contribution in [3.8, 4) is 0 Å². The van der Waals surface area contributed by atoms with Gasteiger partial charge in [-0.05, 0) is 80.3 Å². The molecule has 8 fully saturated rings. The average molecular weight is 753 g/mol. The van der Waals surface area contributed by atoms with Crippen molar-refractivity contribution >= 4 is 89.7 Å². The molecule has 0 aliphatic carbocycles. The van der Waals surface area contributed by atoms with Crippen LogP contribution in [0.2, 0.25) is 0 Å². The van der Waals surface area contributed by atoms with Crippen LogP contribution in [0.5, 0.6) is 0 Å². The van der Waals surface area contributed by atoms with Gasteiger partial charge >= 0.3 is 0 Å². The fourth-order valence-corrected chi connectivity index (χ4v) is 18.1. The molecule has 10 aliphatic rings. The zero-order chi connectivity index (χ0) is 35.3. The second-order valence-electron chi connectivity index (χ2n) is 13.9. The predicted octanol–water partition coefficient (Wildman–Crippen LogP) is 0.469. The van der Waals surface area contributed by atoms with E-state index in [2.05, 4.69) is 10.6 Å². The largest absolute Gasteiger partial charge is 0.388 e. The molecule has 0 saturated carbocycles. The molecule has 10 unspecified atom stereocenters. The number of para-hydroxylation sites is 2. The van der Waals surface area contributed by atoms with Crippen molar-refractivity contribution in [2.24, 2.45) is 0 Å². The number of fused-ring (bicyclic) bond motifs is 11. The number of likely N-dealkylation sites (N-methyl/N-ethyl adjacent to an activating group) is 2. The van der Waals surface area contributed by atoms with Crippen LogP contribution in [-0.2, 0) is 39.6 Å². The number of carbonyl (C=O) groups excluding carboxylic acids is 6. The van der Waals surface area contributed by atoms with E-state index >= 15 is 0 Å². The van der Waals surface area contributed by atoms with E-state index in [-0.39, 0.29) is 0 Å². The van der Waals surface area contributed by atoms with E-state index in [0.717, 1.165) is 53.0 Å². The summed E-state index contributed by atoms with van der Waals surface area (Å²) in [7, 11) is 6.44. The van der Waals surface area contributed by atoms with Gasteiger partial charge in [0.15, 0.2) is 11.6 Å². The predicted molar refractivity (Wildman–Crippen MR) is 185 cm³/mol. The SMILES string of the molecule is CC(=O)C12SSC3(C(=O)N1C)C(O)C1(C45c6ccccc6NC4N4C(=O)C6(C(C)=O)SSC4(C(=O)N6C)C5O)c4ccccc4NC1N3C2=O. The van der Waals surface area contributed by atoms with Crippen molar-refractivity contribution in [1.82, 2.24) is 19.6 Å². The summed E-state index contributed by atoms with van der Waals surface area (Å²) in [4.78, 5) is 83.0. The van der Waals surface area contributed by atoms with Crippen molar-refractivity contribution in [3.05, 3.63) is 59.7 Å². The lowest BCUT2D eigenvalue weighted by molar-refractivity contribution is -0.170. The normalized spacial score (nSPS) is 44.0. The summed E-state index contributed by atoms with van der Waals surface area (Å²) in [6.07, 6.45) is -6.07. The minimum absolute atomic E-state index is 0.455. The standard InChI is InChI=1S/C32H28N6O8S4/c1-13(39)29-25(45)37-21-27(15-9-5-7-11-17(15)33-21,19(41)31(37,49-47-29)23(43)35(29)3)28-16-10-6-8-12-18(16)34-22(28)38-26(46)30(14(2)40)36(4)24(44)32(38,20(28)42)50-48-30/h5-12,19-22,33-34,41-42H,1-4H3. The lowest BCUT2D eigenvalue weighted by Gasteiger charge is -2.58. The number of Topliss-reactive ketones (excluding diaryl/α,β-unsaturated/α-hetero) is 2. The molecule has 18 heteroatoms. The molecule has 12 rings (SSSR count). The number of nitrogens with zero attached hydrogens (tertiary/aromatic N) is 4. The van der Waals surface area contributed by atoms with Crippen LogP contribution in [0, 0.1) is 0 Å². The van der Waals surface area contributed by atoms with E-state index in [4.69, 9.17) is 0 Å². The Balaban J connectivity index is 1.34. The molecule has 10 atom stereocenters. The first-order chi connectivity index (χ1) is 23.7. The molecule has 10 heterocycles. The van der Waals surface area contributed by atoms with Crippen LogP contribution >= 0.6 is 43.2 Å². The molecule has 2 aromatic rings. The van der Waals surface area contributed by atoms with Crippen LogP contribution in [0.3, 0.4) is 0 Å². The summed E-state index contributed by atoms with van der Waals surface area (Å²) in [5.41, 5.74) is -1.77. The third-order valence-electron chi connectivity index (χ3n) is 12.4. The van der Waals surface area contributed by atoms with Gasteiger partial charge < -0.3 is 30.6 Å². The summed E-state index contributed by atoms with van der Waals surface area (Å²) < 4.78 is 0. The number of rotatable bonds is 3. The number of hydrogen-bond acceptors (Lipinski definition) is 14. The molecule has 2 spiro atoms. The van der Waals surface area contributed by atoms with Gasteiger partial charge in [-0.25, -0.2) is 0 Å². The maximum Gasteiger partial charge on any atom is 0.271 e. The molecular formula is C32H28N6O8S4. The first-order valence-electron chi connectivity index (χ1n) is 15.8. The third kappa shape index (κ3) is 2.57. The van der Waals surface area contributed by atoms with Crippen LogP contribution in [0.25, 0.3) is 0 Å². The highest BCUT2D eigenvalue weighted by Gasteiger charge is 2.93. The number of anilines is 2. The Morgan fingerprint density at radius 1 is 0.620 bits per heavy atom. The Kier molecular flexibility index (Phi) is 5.61. The van der Waals surface area contributed by atoms with Crippen molar-refractivity contribution in [2.45, 2.75) is 68.7 Å². The second kappa shape index (κ2) is 8.95. The van der Waals surface area contributed by atoms with Gasteiger partial charge in [-0.2, -0.15) is 0 Å². The zero-order valence-corrected chi connectivity index (χ0v) is 30.0. The van der Waals surface area contributed by atoms with Crippen LogP contribution in [0.15, 0.2) is 48.5 Å². The molecular weight excluding hydrogens is 725 g/mol. The molecule has 10 aliphatic heterocycles.